The van der Waals surface area contributed by atoms with Gasteiger partial charge in [0.25, 0.3) is 5.91 Å². The summed E-state index contributed by atoms with van der Waals surface area (Å²) >= 11 is 7.56. The maximum atomic E-state index is 12.8. The number of aryl methyl sites for hydroxylation is 2. The molecule has 0 unspecified atom stereocenters. The number of amides is 1. The average Bonchev–Trinajstić information content (AvgIpc) is 3.28. The van der Waals surface area contributed by atoms with Crippen LogP contribution in [0, 0.1) is 0 Å². The Morgan fingerprint density at radius 3 is 2.96 bits per heavy atom. The van der Waals surface area contributed by atoms with E-state index in [0.717, 1.165) is 34.2 Å². The summed E-state index contributed by atoms with van der Waals surface area (Å²) in [7, 11) is 0. The second-order valence-electron chi connectivity index (χ2n) is 6.45. The number of carbonyl (C=O) groups is 1. The second-order valence-corrected chi connectivity index (χ2v) is 8.17. The molecule has 4 rings (SSSR count). The van der Waals surface area contributed by atoms with Crippen molar-refractivity contribution in [2.75, 3.05) is 0 Å². The Morgan fingerprint density at radius 1 is 1.35 bits per heavy atom. The van der Waals surface area contributed by atoms with Crippen molar-refractivity contribution in [1.82, 2.24) is 15.1 Å². The zero-order valence-corrected chi connectivity index (χ0v) is 16.1. The number of aromatic nitrogens is 2. The number of fused-ring (bicyclic) bond motifs is 1. The van der Waals surface area contributed by atoms with Crippen LogP contribution in [0.3, 0.4) is 0 Å². The van der Waals surface area contributed by atoms with Crippen molar-refractivity contribution in [2.24, 2.45) is 0 Å². The first-order valence-corrected chi connectivity index (χ1v) is 10.1. The van der Waals surface area contributed by atoms with E-state index in [2.05, 4.69) is 28.6 Å². The van der Waals surface area contributed by atoms with Gasteiger partial charge in [-0.25, -0.2) is 0 Å². The van der Waals surface area contributed by atoms with E-state index < -0.39 is 0 Å². The maximum absolute atomic E-state index is 12.8. The number of hydrogen-bond acceptors (Lipinski definition) is 3. The Labute approximate surface area is 161 Å². The van der Waals surface area contributed by atoms with E-state index in [1.165, 1.54) is 22.5 Å². The number of benzene rings is 1. The van der Waals surface area contributed by atoms with Crippen molar-refractivity contribution in [1.29, 1.82) is 0 Å². The SMILES string of the molecule is CCn1nc(C(=O)N[C@H]2CCCc3ccccc32)cc1-c1ccc(Cl)s1. The van der Waals surface area contributed by atoms with Crippen LogP contribution in [0.4, 0.5) is 0 Å². The van der Waals surface area contributed by atoms with E-state index in [4.69, 9.17) is 11.6 Å². The van der Waals surface area contributed by atoms with Crippen LogP contribution in [-0.2, 0) is 13.0 Å². The van der Waals surface area contributed by atoms with Gasteiger partial charge in [-0.05, 0) is 55.5 Å². The van der Waals surface area contributed by atoms with Crippen molar-refractivity contribution >= 4 is 28.8 Å². The topological polar surface area (TPSA) is 46.9 Å². The predicted molar refractivity (Wildman–Crippen MR) is 106 cm³/mol. The van der Waals surface area contributed by atoms with E-state index in [1.807, 2.05) is 35.9 Å². The molecule has 3 aromatic rings. The third-order valence-electron chi connectivity index (χ3n) is 4.81. The van der Waals surface area contributed by atoms with E-state index in [-0.39, 0.29) is 11.9 Å². The first-order chi connectivity index (χ1) is 12.7. The number of nitrogens with one attached hydrogen (secondary N) is 1. The van der Waals surface area contributed by atoms with Gasteiger partial charge in [-0.2, -0.15) is 5.10 Å². The third-order valence-corrected chi connectivity index (χ3v) is 6.07. The summed E-state index contributed by atoms with van der Waals surface area (Å²) in [5.74, 6) is -0.122. The van der Waals surface area contributed by atoms with Crippen LogP contribution in [0.2, 0.25) is 4.34 Å². The Balaban J connectivity index is 1.59. The molecule has 0 saturated carbocycles. The minimum Gasteiger partial charge on any atom is -0.344 e. The first kappa shape index (κ1) is 17.3. The number of hydrogen-bond donors (Lipinski definition) is 1. The molecule has 4 nitrogen and oxygen atoms in total. The van der Waals surface area contributed by atoms with Crippen LogP contribution in [0.25, 0.3) is 10.6 Å². The number of halogens is 1. The Kier molecular flexibility index (Phi) is 4.83. The van der Waals surface area contributed by atoms with Crippen molar-refractivity contribution in [3.8, 4) is 10.6 Å². The van der Waals surface area contributed by atoms with E-state index in [0.29, 0.717) is 12.2 Å². The second kappa shape index (κ2) is 7.25. The summed E-state index contributed by atoms with van der Waals surface area (Å²) in [6, 6.07) is 14.1. The monoisotopic (exact) mass is 385 g/mol. The van der Waals surface area contributed by atoms with Crippen molar-refractivity contribution in [3.63, 3.8) is 0 Å². The smallest absolute Gasteiger partial charge is 0.272 e. The van der Waals surface area contributed by atoms with Gasteiger partial charge >= 0.3 is 0 Å². The first-order valence-electron chi connectivity index (χ1n) is 8.88. The van der Waals surface area contributed by atoms with E-state index in [9.17, 15) is 4.79 Å². The van der Waals surface area contributed by atoms with E-state index >= 15 is 0 Å². The van der Waals surface area contributed by atoms with Crippen LogP contribution in [-0.4, -0.2) is 15.7 Å². The van der Waals surface area contributed by atoms with Crippen LogP contribution in [0.5, 0.6) is 0 Å². The summed E-state index contributed by atoms with van der Waals surface area (Å²) in [6.45, 7) is 2.72. The average molecular weight is 386 g/mol. The molecule has 1 atom stereocenters. The van der Waals surface area contributed by atoms with Gasteiger partial charge in [-0.15, -0.1) is 11.3 Å². The number of rotatable bonds is 4. The highest BCUT2D eigenvalue weighted by molar-refractivity contribution is 7.19. The van der Waals surface area contributed by atoms with Crippen molar-refractivity contribution in [3.05, 3.63) is 63.6 Å². The molecular formula is C20H20ClN3OS. The molecule has 6 heteroatoms. The largest absolute Gasteiger partial charge is 0.344 e. The number of thiophene rings is 1. The minimum absolute atomic E-state index is 0.0545. The molecule has 26 heavy (non-hydrogen) atoms. The van der Waals surface area contributed by atoms with Crippen molar-refractivity contribution in [2.45, 2.75) is 38.8 Å². The highest BCUT2D eigenvalue weighted by Crippen LogP contribution is 2.32. The molecule has 0 spiro atoms. The fraction of sp³-hybridized carbons (Fsp3) is 0.300. The van der Waals surface area contributed by atoms with Crippen LogP contribution < -0.4 is 5.32 Å². The fourth-order valence-corrected chi connectivity index (χ4v) is 4.62. The molecule has 1 aliphatic rings. The predicted octanol–water partition coefficient (Wildman–Crippen LogP) is 5.09. The lowest BCUT2D eigenvalue weighted by atomic mass is 9.87. The van der Waals surface area contributed by atoms with Gasteiger partial charge < -0.3 is 5.32 Å². The van der Waals surface area contributed by atoms with Gasteiger partial charge in [0, 0.05) is 6.54 Å². The number of nitrogens with zero attached hydrogens (tertiary/aromatic N) is 2. The van der Waals surface area contributed by atoms with Gasteiger partial charge in [0.1, 0.15) is 0 Å². The highest BCUT2D eigenvalue weighted by atomic mass is 35.5. The Bertz CT molecular complexity index is 946. The zero-order valence-electron chi connectivity index (χ0n) is 14.5. The number of carbonyl (C=O) groups excluding carboxylic acids is 1. The Morgan fingerprint density at radius 2 is 2.19 bits per heavy atom. The van der Waals surface area contributed by atoms with Gasteiger partial charge in [0.15, 0.2) is 5.69 Å². The summed E-state index contributed by atoms with van der Waals surface area (Å²) < 4.78 is 2.58. The molecule has 1 aliphatic carbocycles. The Hall–Kier alpha value is -2.11. The maximum Gasteiger partial charge on any atom is 0.272 e. The molecular weight excluding hydrogens is 366 g/mol. The molecule has 134 valence electrons. The van der Waals surface area contributed by atoms with Crippen LogP contribution in [0.15, 0.2) is 42.5 Å². The molecule has 0 bridgehead atoms. The third kappa shape index (κ3) is 3.29. The molecule has 2 heterocycles. The standard InChI is InChI=1S/C20H20ClN3OS/c1-2-24-17(18-10-11-19(21)26-18)12-16(23-24)20(25)22-15-9-5-7-13-6-3-4-8-14(13)15/h3-4,6,8,10-12,15H,2,5,7,9H2,1H3,(H,22,25)/t15-/m0/s1. The minimum atomic E-state index is -0.122. The summed E-state index contributed by atoms with van der Waals surface area (Å²) in [5, 5.41) is 7.68. The molecule has 0 saturated heterocycles. The van der Waals surface area contributed by atoms with E-state index in [1.54, 1.807) is 0 Å². The lowest BCUT2D eigenvalue weighted by Crippen LogP contribution is -2.31. The molecule has 0 fully saturated rings. The van der Waals surface area contributed by atoms with Crippen LogP contribution >= 0.6 is 22.9 Å². The molecule has 0 radical (unpaired) electrons. The van der Waals surface area contributed by atoms with Gasteiger partial charge in [-0.3, -0.25) is 9.48 Å². The van der Waals surface area contributed by atoms with Gasteiger partial charge in [0.05, 0.1) is 20.9 Å². The van der Waals surface area contributed by atoms with Gasteiger partial charge in [-0.1, -0.05) is 35.9 Å². The quantitative estimate of drug-likeness (QED) is 0.679. The normalized spacial score (nSPS) is 16.3. The molecule has 1 amide bonds. The summed E-state index contributed by atoms with van der Waals surface area (Å²) in [4.78, 5) is 13.9. The lowest BCUT2D eigenvalue weighted by Gasteiger charge is -2.26. The molecule has 2 aromatic heterocycles. The molecule has 0 aliphatic heterocycles. The summed E-state index contributed by atoms with van der Waals surface area (Å²) in [6.07, 6.45) is 3.13. The molecule has 1 N–H and O–H groups in total. The summed E-state index contributed by atoms with van der Waals surface area (Å²) in [5.41, 5.74) is 3.94. The zero-order chi connectivity index (χ0) is 18.1. The lowest BCUT2D eigenvalue weighted by molar-refractivity contribution is 0.0927. The van der Waals surface area contributed by atoms with Crippen LogP contribution in [0.1, 0.15) is 47.4 Å². The van der Waals surface area contributed by atoms with Crippen molar-refractivity contribution < 1.29 is 4.79 Å². The molecule has 1 aromatic carbocycles. The fourth-order valence-electron chi connectivity index (χ4n) is 3.56. The highest BCUT2D eigenvalue weighted by Gasteiger charge is 2.23. The van der Waals surface area contributed by atoms with Gasteiger partial charge in [0.2, 0.25) is 0 Å².